The first-order chi connectivity index (χ1) is 21.7. The predicted molar refractivity (Wildman–Crippen MR) is 170 cm³/mol. The largest absolute Gasteiger partial charge is 0.451 e. The number of halogens is 1. The van der Waals surface area contributed by atoms with Crippen LogP contribution in [-0.4, -0.2) is 58.2 Å². The van der Waals surface area contributed by atoms with E-state index in [0.29, 0.717) is 64.9 Å². The second kappa shape index (κ2) is 11.8. The van der Waals surface area contributed by atoms with E-state index in [0.717, 1.165) is 17.7 Å². The number of anilines is 2. The van der Waals surface area contributed by atoms with Crippen molar-refractivity contribution in [1.29, 1.82) is 0 Å². The molecule has 1 saturated heterocycles. The minimum atomic E-state index is -0.164. The third-order valence-electron chi connectivity index (χ3n) is 7.88. The molecule has 1 aliphatic heterocycles. The van der Waals surface area contributed by atoms with E-state index in [4.69, 9.17) is 35.9 Å². The third-order valence-corrected chi connectivity index (χ3v) is 8.25. The summed E-state index contributed by atoms with van der Waals surface area (Å²) < 4.78 is 23.8. The number of fused-ring (bicyclic) bond motifs is 2. The number of nitrogens with one attached hydrogen (secondary N) is 1. The van der Waals surface area contributed by atoms with Crippen molar-refractivity contribution in [2.75, 3.05) is 18.5 Å². The van der Waals surface area contributed by atoms with Crippen molar-refractivity contribution >= 4 is 40.2 Å². The van der Waals surface area contributed by atoms with Gasteiger partial charge in [0.25, 0.3) is 0 Å². The zero-order valence-electron chi connectivity index (χ0n) is 25.5. The van der Waals surface area contributed by atoms with Gasteiger partial charge in [0.1, 0.15) is 16.6 Å². The molecule has 0 radical (unpaired) electrons. The molecule has 13 heteroatoms. The van der Waals surface area contributed by atoms with Gasteiger partial charge in [0, 0.05) is 36.9 Å². The quantitative estimate of drug-likeness (QED) is 0.199. The topological polar surface area (TPSA) is 118 Å². The Morgan fingerprint density at radius 3 is 2.78 bits per heavy atom. The lowest BCUT2D eigenvalue weighted by molar-refractivity contribution is -0.00444. The molecular formula is C32H34ClN9O3. The van der Waals surface area contributed by atoms with Crippen molar-refractivity contribution in [3.63, 3.8) is 0 Å². The van der Waals surface area contributed by atoms with Crippen molar-refractivity contribution in [2.45, 2.75) is 51.4 Å². The van der Waals surface area contributed by atoms with Gasteiger partial charge in [-0.25, -0.2) is 14.5 Å². The van der Waals surface area contributed by atoms with Crippen LogP contribution in [0.1, 0.15) is 44.5 Å². The van der Waals surface area contributed by atoms with Gasteiger partial charge in [-0.1, -0.05) is 62.7 Å². The van der Waals surface area contributed by atoms with Crippen molar-refractivity contribution < 1.29 is 14.2 Å². The van der Waals surface area contributed by atoms with Gasteiger partial charge >= 0.3 is 0 Å². The number of rotatable bonds is 9. The Bertz CT molecular complexity index is 1960. The number of hydrogen-bond donors (Lipinski definition) is 1. The highest BCUT2D eigenvalue weighted by molar-refractivity contribution is 6.36. The molecule has 1 aromatic carbocycles. The first-order valence-electron chi connectivity index (χ1n) is 14.8. The van der Waals surface area contributed by atoms with Gasteiger partial charge < -0.3 is 24.1 Å². The van der Waals surface area contributed by atoms with Crippen LogP contribution in [0.3, 0.4) is 0 Å². The van der Waals surface area contributed by atoms with Gasteiger partial charge in [0.15, 0.2) is 28.6 Å². The lowest BCUT2D eigenvalue weighted by Gasteiger charge is -2.26. The summed E-state index contributed by atoms with van der Waals surface area (Å²) in [6.07, 6.45) is 7.32. The molecular weight excluding hydrogens is 594 g/mol. The van der Waals surface area contributed by atoms with Crippen molar-refractivity contribution in [3.8, 4) is 11.5 Å². The number of imidazole rings is 1. The molecule has 0 amide bonds. The molecule has 6 heterocycles. The fraction of sp³-hybridized carbons (Fsp3) is 0.344. The number of aromatic nitrogens is 8. The fourth-order valence-corrected chi connectivity index (χ4v) is 5.89. The van der Waals surface area contributed by atoms with Crippen LogP contribution in [-0.2, 0) is 28.5 Å². The molecule has 1 N–H and O–H groups in total. The number of aryl methyl sites for hydroxylation is 1. The molecule has 45 heavy (non-hydrogen) atoms. The Kier molecular flexibility index (Phi) is 7.64. The molecule has 12 nitrogen and oxygen atoms in total. The van der Waals surface area contributed by atoms with E-state index >= 15 is 0 Å². The Labute approximate surface area is 264 Å². The monoisotopic (exact) mass is 627 g/mol. The number of ether oxygens (including phenoxy) is 3. The van der Waals surface area contributed by atoms with Crippen LogP contribution in [0.5, 0.6) is 11.5 Å². The lowest BCUT2D eigenvalue weighted by Crippen LogP contribution is -2.30. The van der Waals surface area contributed by atoms with Gasteiger partial charge in [-0.3, -0.25) is 4.68 Å². The molecule has 2 atom stereocenters. The second-order valence-electron chi connectivity index (χ2n) is 12.1. The number of hydrogen-bond acceptors (Lipinski definition) is 9. The average Bonchev–Trinajstić information content (AvgIpc) is 3.82. The van der Waals surface area contributed by atoms with E-state index < -0.39 is 0 Å². The van der Waals surface area contributed by atoms with Gasteiger partial charge in [-0.05, 0) is 12.0 Å². The van der Waals surface area contributed by atoms with E-state index in [2.05, 4.69) is 64.0 Å². The minimum Gasteiger partial charge on any atom is -0.451 e. The normalized spacial score (nSPS) is 17.0. The summed E-state index contributed by atoms with van der Waals surface area (Å²) in [6, 6.07) is 14.1. The summed E-state index contributed by atoms with van der Waals surface area (Å²) in [4.78, 5) is 13.6. The molecule has 232 valence electrons. The molecule has 6 aromatic rings. The SMILES string of the molecule is Cn1c(Nc2cc(C(C)(C)C)n([C@H]3CCO[C@@H]3COCc3ccccc3)n2)nc2ncc(Oc3cnc4ccnn4c3)c(Cl)c21. The summed E-state index contributed by atoms with van der Waals surface area (Å²) in [7, 11) is 1.87. The molecule has 1 fully saturated rings. The Balaban J connectivity index is 1.13. The zero-order valence-corrected chi connectivity index (χ0v) is 26.3. The summed E-state index contributed by atoms with van der Waals surface area (Å²) in [5.41, 5.74) is 3.88. The van der Waals surface area contributed by atoms with Crippen LogP contribution in [0.2, 0.25) is 5.02 Å². The van der Waals surface area contributed by atoms with Crippen molar-refractivity contribution in [2.24, 2.45) is 7.05 Å². The lowest BCUT2D eigenvalue weighted by atomic mass is 9.91. The summed E-state index contributed by atoms with van der Waals surface area (Å²) in [6.45, 7) is 8.22. The molecule has 0 spiro atoms. The third kappa shape index (κ3) is 5.84. The number of pyridine rings is 1. The van der Waals surface area contributed by atoms with Crippen LogP contribution in [0, 0.1) is 0 Å². The number of nitrogens with zero attached hydrogens (tertiary/aromatic N) is 8. The van der Waals surface area contributed by atoms with Crippen LogP contribution < -0.4 is 10.1 Å². The van der Waals surface area contributed by atoms with Gasteiger partial charge in [-0.2, -0.15) is 15.2 Å². The van der Waals surface area contributed by atoms with Crippen LogP contribution >= 0.6 is 11.6 Å². The second-order valence-corrected chi connectivity index (χ2v) is 12.5. The maximum absolute atomic E-state index is 6.84. The first-order valence-corrected chi connectivity index (χ1v) is 15.2. The Morgan fingerprint density at radius 2 is 1.96 bits per heavy atom. The molecule has 0 aliphatic carbocycles. The molecule has 0 saturated carbocycles. The molecule has 7 rings (SSSR count). The van der Waals surface area contributed by atoms with Crippen LogP contribution in [0.4, 0.5) is 11.8 Å². The smallest absolute Gasteiger partial charge is 0.210 e. The summed E-state index contributed by atoms with van der Waals surface area (Å²) in [5, 5.41) is 13.0. The maximum atomic E-state index is 6.84. The summed E-state index contributed by atoms with van der Waals surface area (Å²) >= 11 is 6.84. The predicted octanol–water partition coefficient (Wildman–Crippen LogP) is 6.24. The Hall–Kier alpha value is -4.52. The van der Waals surface area contributed by atoms with Gasteiger partial charge in [0.05, 0.1) is 44.0 Å². The van der Waals surface area contributed by atoms with E-state index in [1.165, 1.54) is 0 Å². The van der Waals surface area contributed by atoms with Crippen molar-refractivity contribution in [3.05, 3.63) is 83.5 Å². The standard InChI is InChI=1S/C32H34ClN9O3/c1-32(2,3)25-14-26(39-42(25)22-11-13-44-24(22)19-43-18-20-8-6-5-7-9-20)37-31-38-30-29(40(31)4)28(33)23(16-35-30)45-21-15-34-27-10-12-36-41(27)17-21/h5-10,12,14-17,22,24H,11,13,18-19H2,1-4H3,(H,35,37,38,39)/t22-,24+/m0/s1. The van der Waals surface area contributed by atoms with Crippen LogP contribution in [0.15, 0.2) is 67.3 Å². The molecule has 0 unspecified atom stereocenters. The Morgan fingerprint density at radius 1 is 1.11 bits per heavy atom. The zero-order chi connectivity index (χ0) is 31.1. The van der Waals surface area contributed by atoms with Crippen LogP contribution in [0.25, 0.3) is 16.8 Å². The number of benzene rings is 1. The fourth-order valence-electron chi connectivity index (χ4n) is 5.59. The van der Waals surface area contributed by atoms with E-state index in [-0.39, 0.29) is 17.6 Å². The van der Waals surface area contributed by atoms with Gasteiger partial charge in [-0.15, -0.1) is 0 Å². The highest BCUT2D eigenvalue weighted by Crippen LogP contribution is 2.37. The van der Waals surface area contributed by atoms with Crippen molar-refractivity contribution in [1.82, 2.24) is 38.9 Å². The molecule has 0 bridgehead atoms. The summed E-state index contributed by atoms with van der Waals surface area (Å²) in [5.74, 6) is 2.08. The van der Waals surface area contributed by atoms with E-state index in [9.17, 15) is 0 Å². The first kappa shape index (κ1) is 29.2. The highest BCUT2D eigenvalue weighted by Gasteiger charge is 2.35. The van der Waals surface area contributed by atoms with E-state index in [1.54, 1.807) is 29.3 Å². The minimum absolute atomic E-state index is 0.0391. The molecule has 1 aliphatic rings. The maximum Gasteiger partial charge on any atom is 0.210 e. The highest BCUT2D eigenvalue weighted by atomic mass is 35.5. The van der Waals surface area contributed by atoms with E-state index in [1.807, 2.05) is 35.9 Å². The molecule has 5 aromatic heterocycles. The van der Waals surface area contributed by atoms with Gasteiger partial charge in [0.2, 0.25) is 5.95 Å². The average molecular weight is 628 g/mol.